The van der Waals surface area contributed by atoms with Gasteiger partial charge < -0.3 is 5.11 Å². The number of nitrogens with one attached hydrogen (secondary N) is 1. The third-order valence-electron chi connectivity index (χ3n) is 2.55. The standard InChI is InChI=1S/C12H18ClNO3S/c1-10(9-15)8-14-18(16,17)12-4-2-11(3-5-12)6-7-13/h2-5,10,14-15H,6-9H2,1H3. The second-order valence-corrected chi connectivity index (χ2v) is 6.37. The molecule has 0 aliphatic heterocycles. The molecular formula is C12H18ClNO3S. The Morgan fingerprint density at radius 2 is 1.94 bits per heavy atom. The molecule has 6 heteroatoms. The lowest BCUT2D eigenvalue weighted by Gasteiger charge is -2.10. The topological polar surface area (TPSA) is 66.4 Å². The molecule has 1 atom stereocenters. The van der Waals surface area contributed by atoms with Crippen molar-refractivity contribution in [2.45, 2.75) is 18.2 Å². The van der Waals surface area contributed by atoms with Crippen LogP contribution in [0, 0.1) is 5.92 Å². The first kappa shape index (κ1) is 15.4. The van der Waals surface area contributed by atoms with Gasteiger partial charge in [0.05, 0.1) is 4.90 Å². The number of alkyl halides is 1. The van der Waals surface area contributed by atoms with Crippen LogP contribution in [0.4, 0.5) is 0 Å². The highest BCUT2D eigenvalue weighted by Crippen LogP contribution is 2.11. The number of rotatable bonds is 7. The fourth-order valence-electron chi connectivity index (χ4n) is 1.34. The number of sulfonamides is 1. The molecular weight excluding hydrogens is 274 g/mol. The number of halogens is 1. The van der Waals surface area contributed by atoms with Gasteiger partial charge in [0.2, 0.25) is 10.0 Å². The van der Waals surface area contributed by atoms with Crippen molar-refractivity contribution in [1.29, 1.82) is 0 Å². The third kappa shape index (κ3) is 4.57. The predicted octanol–water partition coefficient (Wildman–Crippen LogP) is 1.37. The molecule has 0 aliphatic carbocycles. The minimum atomic E-state index is -3.49. The maximum absolute atomic E-state index is 11.9. The Balaban J connectivity index is 2.72. The molecule has 0 heterocycles. The van der Waals surface area contributed by atoms with Gasteiger partial charge in [-0.1, -0.05) is 19.1 Å². The Morgan fingerprint density at radius 1 is 1.33 bits per heavy atom. The number of hydrogen-bond donors (Lipinski definition) is 2. The smallest absolute Gasteiger partial charge is 0.240 e. The molecule has 4 nitrogen and oxygen atoms in total. The van der Waals surface area contributed by atoms with E-state index in [9.17, 15) is 8.42 Å². The summed E-state index contributed by atoms with van der Waals surface area (Å²) in [5.41, 5.74) is 1.01. The van der Waals surface area contributed by atoms with Crippen LogP contribution in [0.3, 0.4) is 0 Å². The van der Waals surface area contributed by atoms with Gasteiger partial charge in [-0.05, 0) is 30.0 Å². The lowest BCUT2D eigenvalue weighted by molar-refractivity contribution is 0.238. The van der Waals surface area contributed by atoms with Gasteiger partial charge in [-0.2, -0.15) is 0 Å². The van der Waals surface area contributed by atoms with E-state index < -0.39 is 10.0 Å². The molecule has 0 aromatic heterocycles. The molecule has 18 heavy (non-hydrogen) atoms. The lowest BCUT2D eigenvalue weighted by Crippen LogP contribution is -2.29. The van der Waals surface area contributed by atoms with Crippen LogP contribution in [0.15, 0.2) is 29.2 Å². The maximum Gasteiger partial charge on any atom is 0.240 e. The summed E-state index contributed by atoms with van der Waals surface area (Å²) in [5.74, 6) is 0.411. The monoisotopic (exact) mass is 291 g/mol. The molecule has 0 amide bonds. The molecule has 0 bridgehead atoms. The Labute approximate surface area is 113 Å². The zero-order valence-corrected chi connectivity index (χ0v) is 11.8. The van der Waals surface area contributed by atoms with Gasteiger partial charge in [-0.25, -0.2) is 13.1 Å². The number of aryl methyl sites for hydroxylation is 1. The van der Waals surface area contributed by atoms with Gasteiger partial charge in [0.15, 0.2) is 0 Å². The average molecular weight is 292 g/mol. The van der Waals surface area contributed by atoms with Crippen molar-refractivity contribution in [1.82, 2.24) is 4.72 Å². The zero-order valence-electron chi connectivity index (χ0n) is 10.3. The van der Waals surface area contributed by atoms with E-state index in [1.165, 1.54) is 0 Å². The Morgan fingerprint density at radius 3 is 2.44 bits per heavy atom. The van der Waals surface area contributed by atoms with E-state index in [0.29, 0.717) is 5.88 Å². The molecule has 1 unspecified atom stereocenters. The van der Waals surface area contributed by atoms with Crippen molar-refractivity contribution in [3.8, 4) is 0 Å². The van der Waals surface area contributed by atoms with Crippen LogP contribution in [0.5, 0.6) is 0 Å². The first-order valence-corrected chi connectivity index (χ1v) is 7.77. The second kappa shape index (κ2) is 7.09. The molecule has 0 saturated heterocycles. The van der Waals surface area contributed by atoms with Crippen LogP contribution in [-0.4, -0.2) is 32.6 Å². The largest absolute Gasteiger partial charge is 0.396 e. The summed E-state index contributed by atoms with van der Waals surface area (Å²) in [6, 6.07) is 6.64. The summed E-state index contributed by atoms with van der Waals surface area (Å²) in [7, 11) is -3.49. The predicted molar refractivity (Wildman–Crippen MR) is 72.3 cm³/mol. The Hall–Kier alpha value is -0.620. The normalized spacial score (nSPS) is 13.5. The molecule has 102 valence electrons. The van der Waals surface area contributed by atoms with Gasteiger partial charge in [-0.3, -0.25) is 0 Å². The minimum absolute atomic E-state index is 0.0445. The summed E-state index contributed by atoms with van der Waals surface area (Å²) in [5, 5.41) is 8.85. The van der Waals surface area contributed by atoms with Crippen molar-refractivity contribution >= 4 is 21.6 Å². The highest BCUT2D eigenvalue weighted by molar-refractivity contribution is 7.89. The van der Waals surface area contributed by atoms with Crippen LogP contribution in [-0.2, 0) is 16.4 Å². The van der Waals surface area contributed by atoms with Crippen LogP contribution < -0.4 is 4.72 Å². The number of benzene rings is 1. The van der Waals surface area contributed by atoms with E-state index in [1.807, 2.05) is 0 Å². The van der Waals surface area contributed by atoms with Gasteiger partial charge in [-0.15, -0.1) is 11.6 Å². The minimum Gasteiger partial charge on any atom is -0.396 e. The van der Waals surface area contributed by atoms with Gasteiger partial charge in [0, 0.05) is 19.0 Å². The van der Waals surface area contributed by atoms with Crippen molar-refractivity contribution < 1.29 is 13.5 Å². The SMILES string of the molecule is CC(CO)CNS(=O)(=O)c1ccc(CCCl)cc1. The molecule has 0 saturated carbocycles. The number of aliphatic hydroxyl groups excluding tert-OH is 1. The van der Waals surface area contributed by atoms with E-state index in [4.69, 9.17) is 16.7 Å². The average Bonchev–Trinajstić information content (AvgIpc) is 2.37. The van der Waals surface area contributed by atoms with Gasteiger partial charge in [0.25, 0.3) is 0 Å². The fourth-order valence-corrected chi connectivity index (χ4v) is 2.73. The third-order valence-corrected chi connectivity index (χ3v) is 4.18. The highest BCUT2D eigenvalue weighted by Gasteiger charge is 2.14. The van der Waals surface area contributed by atoms with Crippen molar-refractivity contribution in [3.05, 3.63) is 29.8 Å². The maximum atomic E-state index is 11.9. The number of aliphatic hydroxyl groups is 1. The van der Waals surface area contributed by atoms with Crippen LogP contribution in [0.2, 0.25) is 0 Å². The number of hydrogen-bond acceptors (Lipinski definition) is 3. The van der Waals surface area contributed by atoms with Gasteiger partial charge >= 0.3 is 0 Å². The lowest BCUT2D eigenvalue weighted by atomic mass is 10.2. The molecule has 0 aliphatic rings. The van der Waals surface area contributed by atoms with Crippen molar-refractivity contribution in [2.24, 2.45) is 5.92 Å². The molecule has 2 N–H and O–H groups in total. The second-order valence-electron chi connectivity index (χ2n) is 4.22. The van der Waals surface area contributed by atoms with Crippen LogP contribution in [0.25, 0.3) is 0 Å². The molecule has 1 aromatic carbocycles. The molecule has 0 spiro atoms. The molecule has 0 fully saturated rings. The Bertz CT molecular complexity index is 459. The van der Waals surface area contributed by atoms with Crippen molar-refractivity contribution in [2.75, 3.05) is 19.0 Å². The van der Waals surface area contributed by atoms with E-state index in [2.05, 4.69) is 4.72 Å². The summed E-state index contributed by atoms with van der Waals surface area (Å²) in [6.07, 6.45) is 0.719. The first-order valence-electron chi connectivity index (χ1n) is 5.75. The molecule has 1 rings (SSSR count). The Kier molecular flexibility index (Phi) is 6.08. The quantitative estimate of drug-likeness (QED) is 0.746. The van der Waals surface area contributed by atoms with Crippen molar-refractivity contribution in [3.63, 3.8) is 0 Å². The molecule has 1 aromatic rings. The van der Waals surface area contributed by atoms with E-state index >= 15 is 0 Å². The summed E-state index contributed by atoms with van der Waals surface area (Å²) in [4.78, 5) is 0.228. The fraction of sp³-hybridized carbons (Fsp3) is 0.500. The zero-order chi connectivity index (χ0) is 13.6. The first-order chi connectivity index (χ1) is 8.49. The van der Waals surface area contributed by atoms with E-state index in [0.717, 1.165) is 12.0 Å². The van der Waals surface area contributed by atoms with Crippen LogP contribution in [0.1, 0.15) is 12.5 Å². The molecule has 0 radical (unpaired) electrons. The van der Waals surface area contributed by atoms with E-state index in [-0.39, 0.29) is 24.0 Å². The van der Waals surface area contributed by atoms with E-state index in [1.54, 1.807) is 31.2 Å². The van der Waals surface area contributed by atoms with Gasteiger partial charge in [0.1, 0.15) is 0 Å². The van der Waals surface area contributed by atoms with Crippen LogP contribution >= 0.6 is 11.6 Å². The summed E-state index contributed by atoms with van der Waals surface area (Å²) in [6.45, 7) is 1.95. The summed E-state index contributed by atoms with van der Waals surface area (Å²) >= 11 is 5.61. The highest BCUT2D eigenvalue weighted by atomic mass is 35.5. The summed E-state index contributed by atoms with van der Waals surface area (Å²) < 4.78 is 26.3.